The van der Waals surface area contributed by atoms with Crippen LogP contribution in [0, 0.1) is 5.82 Å². The molecule has 1 rings (SSSR count). The Bertz CT molecular complexity index is 401. The molecule has 0 aliphatic heterocycles. The Balaban J connectivity index is 2.93. The third-order valence-electron chi connectivity index (χ3n) is 3.60. The maximum Gasteiger partial charge on any atom is 0.192 e. The third kappa shape index (κ3) is 3.90. The van der Waals surface area contributed by atoms with E-state index in [9.17, 15) is 4.39 Å². The molecule has 0 bridgehead atoms. The lowest BCUT2D eigenvalue weighted by atomic mass is 10.1. The van der Waals surface area contributed by atoms with Gasteiger partial charge in [-0.05, 0) is 35.8 Å². The molecule has 1 aromatic carbocycles. The van der Waals surface area contributed by atoms with Crippen molar-refractivity contribution in [2.75, 3.05) is 5.33 Å². The van der Waals surface area contributed by atoms with Gasteiger partial charge in [0.15, 0.2) is 8.32 Å². The summed E-state index contributed by atoms with van der Waals surface area (Å²) in [6.07, 6.45) is -0.0819. The van der Waals surface area contributed by atoms with Gasteiger partial charge in [-0.15, -0.1) is 0 Å². The molecule has 1 unspecified atom stereocenters. The quantitative estimate of drug-likeness (QED) is 0.538. The topological polar surface area (TPSA) is 9.23 Å². The first-order chi connectivity index (χ1) is 8.17. The molecule has 0 N–H and O–H groups in total. The smallest absolute Gasteiger partial charge is 0.192 e. The normalized spacial score (nSPS) is 14.6. The van der Waals surface area contributed by atoms with Gasteiger partial charge in [0.25, 0.3) is 0 Å². The van der Waals surface area contributed by atoms with E-state index in [-0.39, 0.29) is 17.0 Å². The van der Waals surface area contributed by atoms with Crippen molar-refractivity contribution in [3.05, 3.63) is 35.6 Å². The first kappa shape index (κ1) is 15.9. The molecule has 0 heterocycles. The second-order valence-electron chi connectivity index (χ2n) is 6.08. The summed E-state index contributed by atoms with van der Waals surface area (Å²) in [5, 5.41) is 0.837. The Kier molecular flexibility index (Phi) is 5.15. The Morgan fingerprint density at radius 2 is 1.94 bits per heavy atom. The SMILES string of the molecule is CC(C)(C)[Si](C)(C)OC(CBr)c1cccc(F)c1. The minimum atomic E-state index is -1.84. The molecule has 0 amide bonds. The van der Waals surface area contributed by atoms with E-state index in [4.69, 9.17) is 4.43 Å². The van der Waals surface area contributed by atoms with Crippen LogP contribution < -0.4 is 0 Å². The Morgan fingerprint density at radius 1 is 1.33 bits per heavy atom. The molecule has 18 heavy (non-hydrogen) atoms. The fourth-order valence-corrected chi connectivity index (χ4v) is 3.46. The van der Waals surface area contributed by atoms with Crippen molar-refractivity contribution in [2.45, 2.75) is 45.0 Å². The summed E-state index contributed by atoms with van der Waals surface area (Å²) in [5.74, 6) is -0.211. The summed E-state index contributed by atoms with van der Waals surface area (Å²) >= 11 is 3.47. The molecule has 0 spiro atoms. The summed E-state index contributed by atoms with van der Waals surface area (Å²) in [6.45, 7) is 11.0. The molecular formula is C14H22BrFOSi. The Labute approximate surface area is 119 Å². The van der Waals surface area contributed by atoms with Gasteiger partial charge in [0, 0.05) is 5.33 Å². The molecule has 0 aliphatic rings. The molecule has 1 atom stereocenters. The van der Waals surface area contributed by atoms with E-state index in [1.165, 1.54) is 6.07 Å². The van der Waals surface area contributed by atoms with Crippen LogP contribution in [-0.2, 0) is 4.43 Å². The van der Waals surface area contributed by atoms with Gasteiger partial charge >= 0.3 is 0 Å². The van der Waals surface area contributed by atoms with E-state index in [0.717, 1.165) is 5.56 Å². The molecule has 4 heteroatoms. The Hall–Kier alpha value is -0.193. The molecule has 0 aromatic heterocycles. The lowest BCUT2D eigenvalue weighted by Crippen LogP contribution is -2.42. The fraction of sp³-hybridized carbons (Fsp3) is 0.571. The monoisotopic (exact) mass is 332 g/mol. The second kappa shape index (κ2) is 5.84. The largest absolute Gasteiger partial charge is 0.409 e. The van der Waals surface area contributed by atoms with Crippen LogP contribution in [0.25, 0.3) is 0 Å². The molecule has 0 saturated heterocycles. The third-order valence-corrected chi connectivity index (χ3v) is 8.68. The van der Waals surface area contributed by atoms with Crippen LogP contribution in [0.2, 0.25) is 18.1 Å². The molecule has 102 valence electrons. The van der Waals surface area contributed by atoms with Crippen LogP contribution in [0.3, 0.4) is 0 Å². The lowest BCUT2D eigenvalue weighted by molar-refractivity contribution is 0.208. The van der Waals surface area contributed by atoms with E-state index in [1.54, 1.807) is 12.1 Å². The van der Waals surface area contributed by atoms with Gasteiger partial charge in [-0.25, -0.2) is 4.39 Å². The van der Waals surface area contributed by atoms with E-state index >= 15 is 0 Å². The van der Waals surface area contributed by atoms with Crippen LogP contribution >= 0.6 is 15.9 Å². The standard InChI is InChI=1S/C14H22BrFOSi/c1-14(2,3)18(4,5)17-13(10-15)11-7-6-8-12(16)9-11/h6-9,13H,10H2,1-5H3. The van der Waals surface area contributed by atoms with E-state index in [1.807, 2.05) is 6.07 Å². The number of alkyl halides is 1. The van der Waals surface area contributed by atoms with Crippen LogP contribution in [0.4, 0.5) is 4.39 Å². The Morgan fingerprint density at radius 3 is 2.39 bits per heavy atom. The minimum absolute atomic E-state index is 0.0819. The van der Waals surface area contributed by atoms with E-state index in [0.29, 0.717) is 5.33 Å². The lowest BCUT2D eigenvalue weighted by Gasteiger charge is -2.39. The fourth-order valence-electron chi connectivity index (χ4n) is 1.43. The number of halogens is 2. The van der Waals surface area contributed by atoms with Crippen LogP contribution in [0.5, 0.6) is 0 Å². The van der Waals surface area contributed by atoms with E-state index < -0.39 is 8.32 Å². The van der Waals surface area contributed by atoms with Crippen LogP contribution in [0.1, 0.15) is 32.4 Å². The highest BCUT2D eigenvalue weighted by Gasteiger charge is 2.39. The van der Waals surface area contributed by atoms with Crippen molar-refractivity contribution in [1.29, 1.82) is 0 Å². The van der Waals surface area contributed by atoms with Crippen LogP contribution in [0.15, 0.2) is 24.3 Å². The van der Waals surface area contributed by atoms with Crippen molar-refractivity contribution in [3.63, 3.8) is 0 Å². The number of hydrogen-bond acceptors (Lipinski definition) is 1. The summed E-state index contributed by atoms with van der Waals surface area (Å²) < 4.78 is 19.6. The summed E-state index contributed by atoms with van der Waals surface area (Å²) in [6, 6.07) is 6.66. The second-order valence-corrected chi connectivity index (χ2v) is 11.5. The highest BCUT2D eigenvalue weighted by molar-refractivity contribution is 9.09. The van der Waals surface area contributed by atoms with Gasteiger partial charge in [0.05, 0.1) is 6.10 Å². The first-order valence-corrected chi connectivity index (χ1v) is 10.2. The minimum Gasteiger partial charge on any atom is -0.409 e. The summed E-state index contributed by atoms with van der Waals surface area (Å²) in [7, 11) is -1.84. The zero-order valence-electron chi connectivity index (χ0n) is 11.8. The number of rotatable bonds is 4. The number of benzene rings is 1. The average molecular weight is 333 g/mol. The van der Waals surface area contributed by atoms with Crippen molar-refractivity contribution >= 4 is 24.2 Å². The van der Waals surface area contributed by atoms with Gasteiger partial charge in [-0.2, -0.15) is 0 Å². The predicted molar refractivity (Wildman–Crippen MR) is 81.2 cm³/mol. The summed E-state index contributed by atoms with van der Waals surface area (Å²) in [5.41, 5.74) is 0.900. The predicted octanol–water partition coefficient (Wildman–Crippen LogP) is 5.28. The molecular weight excluding hydrogens is 311 g/mol. The van der Waals surface area contributed by atoms with Crippen molar-refractivity contribution in [3.8, 4) is 0 Å². The molecule has 0 radical (unpaired) electrons. The van der Waals surface area contributed by atoms with E-state index in [2.05, 4.69) is 49.8 Å². The molecule has 0 fully saturated rings. The summed E-state index contributed by atoms with van der Waals surface area (Å²) in [4.78, 5) is 0. The number of hydrogen-bond donors (Lipinski definition) is 0. The van der Waals surface area contributed by atoms with Gasteiger partial charge in [0.2, 0.25) is 0 Å². The van der Waals surface area contributed by atoms with Crippen LogP contribution in [-0.4, -0.2) is 13.6 Å². The zero-order chi connectivity index (χ0) is 14.0. The molecule has 0 aliphatic carbocycles. The van der Waals surface area contributed by atoms with Gasteiger partial charge in [-0.3, -0.25) is 0 Å². The van der Waals surface area contributed by atoms with Gasteiger partial charge < -0.3 is 4.43 Å². The zero-order valence-corrected chi connectivity index (χ0v) is 14.3. The van der Waals surface area contributed by atoms with Crippen molar-refractivity contribution < 1.29 is 8.82 Å². The van der Waals surface area contributed by atoms with Gasteiger partial charge in [0.1, 0.15) is 5.82 Å². The maximum absolute atomic E-state index is 13.3. The molecule has 0 saturated carbocycles. The average Bonchev–Trinajstić information content (AvgIpc) is 2.24. The highest BCUT2D eigenvalue weighted by atomic mass is 79.9. The molecule has 1 aromatic rings. The maximum atomic E-state index is 13.3. The van der Waals surface area contributed by atoms with Crippen molar-refractivity contribution in [2.24, 2.45) is 0 Å². The van der Waals surface area contributed by atoms with Crippen molar-refractivity contribution in [1.82, 2.24) is 0 Å². The first-order valence-electron chi connectivity index (χ1n) is 6.16. The highest BCUT2D eigenvalue weighted by Crippen LogP contribution is 2.40. The van der Waals surface area contributed by atoms with Gasteiger partial charge in [-0.1, -0.05) is 48.8 Å². The molecule has 1 nitrogen and oxygen atoms in total.